The van der Waals surface area contributed by atoms with Crippen molar-refractivity contribution >= 4 is 18.0 Å². The highest BCUT2D eigenvalue weighted by Crippen LogP contribution is 2.14. The summed E-state index contributed by atoms with van der Waals surface area (Å²) < 4.78 is 0. The van der Waals surface area contributed by atoms with E-state index in [4.69, 9.17) is 0 Å². The minimum Gasteiger partial charge on any atom is -0.289 e. The van der Waals surface area contributed by atoms with Gasteiger partial charge in [-0.3, -0.25) is 4.79 Å². The van der Waals surface area contributed by atoms with Gasteiger partial charge in [0.15, 0.2) is 6.29 Å². The standard InChI is InChI=1S/C10H8OS/c1-12-10-6-2-4-9(8-10)5-3-7-11/h2,4,6-8H,1H3. The van der Waals surface area contributed by atoms with Crippen molar-refractivity contribution < 1.29 is 4.79 Å². The second-order valence-corrected chi connectivity index (χ2v) is 3.00. The summed E-state index contributed by atoms with van der Waals surface area (Å²) in [6.45, 7) is 0. The number of rotatable bonds is 1. The topological polar surface area (TPSA) is 17.1 Å². The third-order valence-corrected chi connectivity index (χ3v) is 2.07. The Morgan fingerprint density at radius 2 is 2.33 bits per heavy atom. The molecule has 0 heterocycles. The average molecular weight is 176 g/mol. The van der Waals surface area contributed by atoms with Crippen LogP contribution in [0.1, 0.15) is 5.56 Å². The fourth-order valence-corrected chi connectivity index (χ4v) is 1.27. The normalized spacial score (nSPS) is 8.42. The number of aldehydes is 1. The highest BCUT2D eigenvalue weighted by molar-refractivity contribution is 7.98. The van der Waals surface area contributed by atoms with Gasteiger partial charge in [-0.25, -0.2) is 0 Å². The second-order valence-electron chi connectivity index (χ2n) is 2.12. The van der Waals surface area contributed by atoms with Crippen LogP contribution in [0.4, 0.5) is 0 Å². The lowest BCUT2D eigenvalue weighted by atomic mass is 10.2. The molecule has 0 aliphatic heterocycles. The maximum atomic E-state index is 9.95. The number of benzene rings is 1. The zero-order chi connectivity index (χ0) is 8.81. The van der Waals surface area contributed by atoms with Crippen LogP contribution in [0.5, 0.6) is 0 Å². The van der Waals surface area contributed by atoms with Gasteiger partial charge in [0.05, 0.1) is 0 Å². The molecule has 1 rings (SSSR count). The molecule has 0 fully saturated rings. The van der Waals surface area contributed by atoms with Crippen molar-refractivity contribution in [3.63, 3.8) is 0 Å². The lowest BCUT2D eigenvalue weighted by Crippen LogP contribution is -1.75. The molecule has 0 bridgehead atoms. The Bertz CT molecular complexity index is 333. The van der Waals surface area contributed by atoms with Crippen molar-refractivity contribution in [2.75, 3.05) is 6.26 Å². The van der Waals surface area contributed by atoms with Crippen LogP contribution < -0.4 is 0 Å². The molecule has 0 radical (unpaired) electrons. The third-order valence-electron chi connectivity index (χ3n) is 1.35. The molecule has 1 aromatic carbocycles. The minimum absolute atomic E-state index is 0.603. The molecule has 2 heteroatoms. The van der Waals surface area contributed by atoms with Gasteiger partial charge in [0.25, 0.3) is 0 Å². The molecule has 0 atom stereocenters. The molecule has 0 amide bonds. The fourth-order valence-electron chi connectivity index (χ4n) is 0.814. The molecule has 0 saturated carbocycles. The number of thioether (sulfide) groups is 1. The smallest absolute Gasteiger partial charge is 0.193 e. The predicted molar refractivity (Wildman–Crippen MR) is 51.2 cm³/mol. The molecule has 12 heavy (non-hydrogen) atoms. The monoisotopic (exact) mass is 176 g/mol. The summed E-state index contributed by atoms with van der Waals surface area (Å²) in [5.41, 5.74) is 0.883. The van der Waals surface area contributed by atoms with Gasteiger partial charge >= 0.3 is 0 Å². The Kier molecular flexibility index (Phi) is 3.43. The van der Waals surface area contributed by atoms with Crippen LogP contribution in [0.3, 0.4) is 0 Å². The third kappa shape index (κ3) is 2.44. The molecular formula is C10H8OS. The maximum Gasteiger partial charge on any atom is 0.193 e. The molecule has 0 aliphatic carbocycles. The molecule has 0 aromatic heterocycles. The van der Waals surface area contributed by atoms with Gasteiger partial charge in [-0.15, -0.1) is 11.8 Å². The quantitative estimate of drug-likeness (QED) is 0.369. The molecule has 1 aromatic rings. The Labute approximate surface area is 76.2 Å². The van der Waals surface area contributed by atoms with Gasteiger partial charge < -0.3 is 0 Å². The van der Waals surface area contributed by atoms with Crippen molar-refractivity contribution in [2.24, 2.45) is 0 Å². The highest BCUT2D eigenvalue weighted by atomic mass is 32.2. The highest BCUT2D eigenvalue weighted by Gasteiger charge is 1.89. The number of carbonyl (C=O) groups is 1. The Balaban J connectivity index is 2.93. The zero-order valence-electron chi connectivity index (χ0n) is 6.70. The van der Waals surface area contributed by atoms with E-state index in [2.05, 4.69) is 11.8 Å². The Morgan fingerprint density at radius 3 is 3.00 bits per heavy atom. The molecule has 60 valence electrons. The largest absolute Gasteiger partial charge is 0.289 e. The zero-order valence-corrected chi connectivity index (χ0v) is 7.52. The van der Waals surface area contributed by atoms with Gasteiger partial charge in [0.1, 0.15) is 0 Å². The van der Waals surface area contributed by atoms with Crippen molar-refractivity contribution in [3.8, 4) is 11.8 Å². The van der Waals surface area contributed by atoms with E-state index >= 15 is 0 Å². The molecule has 0 saturated heterocycles. The van der Waals surface area contributed by atoms with E-state index < -0.39 is 0 Å². The SMILES string of the molecule is CSc1cccc(C#CC=O)c1. The Hall–Kier alpha value is -1.20. The van der Waals surface area contributed by atoms with Crippen LogP contribution in [0, 0.1) is 11.8 Å². The summed E-state index contributed by atoms with van der Waals surface area (Å²) in [7, 11) is 0. The first kappa shape index (κ1) is 8.89. The first-order chi connectivity index (χ1) is 5.86. The maximum absolute atomic E-state index is 9.95. The van der Waals surface area contributed by atoms with Crippen LogP contribution in [0.2, 0.25) is 0 Å². The summed E-state index contributed by atoms with van der Waals surface area (Å²) in [5, 5.41) is 0. The van der Waals surface area contributed by atoms with E-state index in [1.165, 1.54) is 0 Å². The molecule has 1 nitrogen and oxygen atoms in total. The van der Waals surface area contributed by atoms with E-state index in [-0.39, 0.29) is 0 Å². The van der Waals surface area contributed by atoms with Crippen molar-refractivity contribution in [1.29, 1.82) is 0 Å². The molecule has 0 aliphatic rings. The van der Waals surface area contributed by atoms with Gasteiger partial charge in [0.2, 0.25) is 0 Å². The van der Waals surface area contributed by atoms with E-state index in [1.807, 2.05) is 30.5 Å². The summed E-state index contributed by atoms with van der Waals surface area (Å²) in [6.07, 6.45) is 2.61. The summed E-state index contributed by atoms with van der Waals surface area (Å²) >= 11 is 1.66. The second kappa shape index (κ2) is 4.63. The minimum atomic E-state index is 0.603. The Morgan fingerprint density at radius 1 is 1.50 bits per heavy atom. The molecule has 0 N–H and O–H groups in total. The van der Waals surface area contributed by atoms with Gasteiger partial charge in [-0.2, -0.15) is 0 Å². The lowest BCUT2D eigenvalue weighted by molar-refractivity contribution is -0.103. The van der Waals surface area contributed by atoms with Crippen molar-refractivity contribution in [1.82, 2.24) is 0 Å². The fraction of sp³-hybridized carbons (Fsp3) is 0.100. The molecule has 0 spiro atoms. The molecule has 0 unspecified atom stereocenters. The van der Waals surface area contributed by atoms with Crippen LogP contribution >= 0.6 is 11.8 Å². The van der Waals surface area contributed by atoms with E-state index in [0.717, 1.165) is 10.5 Å². The first-order valence-corrected chi connectivity index (χ1v) is 4.68. The predicted octanol–water partition coefficient (Wildman–Crippen LogP) is 1.96. The summed E-state index contributed by atoms with van der Waals surface area (Å²) in [5.74, 6) is 5.11. The van der Waals surface area contributed by atoms with Gasteiger partial charge in [-0.05, 0) is 30.4 Å². The van der Waals surface area contributed by atoms with E-state index in [9.17, 15) is 4.79 Å². The van der Waals surface area contributed by atoms with Gasteiger partial charge in [-0.1, -0.05) is 12.0 Å². The van der Waals surface area contributed by atoms with Crippen LogP contribution in [0.15, 0.2) is 29.2 Å². The van der Waals surface area contributed by atoms with Crippen molar-refractivity contribution in [2.45, 2.75) is 4.90 Å². The summed E-state index contributed by atoms with van der Waals surface area (Å²) in [4.78, 5) is 11.1. The number of carbonyl (C=O) groups excluding carboxylic acids is 1. The number of hydrogen-bond donors (Lipinski definition) is 0. The summed E-state index contributed by atoms with van der Waals surface area (Å²) in [6, 6.07) is 7.79. The van der Waals surface area contributed by atoms with E-state index in [0.29, 0.717) is 6.29 Å². The van der Waals surface area contributed by atoms with E-state index in [1.54, 1.807) is 11.8 Å². The van der Waals surface area contributed by atoms with Crippen LogP contribution in [-0.2, 0) is 4.79 Å². The average Bonchev–Trinajstić information content (AvgIpc) is 2.15. The lowest BCUT2D eigenvalue weighted by Gasteiger charge is -1.94. The van der Waals surface area contributed by atoms with Gasteiger partial charge in [0, 0.05) is 10.5 Å². The van der Waals surface area contributed by atoms with Crippen LogP contribution in [-0.4, -0.2) is 12.5 Å². The molecular weight excluding hydrogens is 168 g/mol. The number of hydrogen-bond acceptors (Lipinski definition) is 2. The van der Waals surface area contributed by atoms with Crippen molar-refractivity contribution in [3.05, 3.63) is 29.8 Å². The van der Waals surface area contributed by atoms with Crippen LogP contribution in [0.25, 0.3) is 0 Å². The first-order valence-electron chi connectivity index (χ1n) is 3.46.